The molecular weight excluding hydrogens is 550 g/mol. The molecule has 38 heavy (non-hydrogen) atoms. The van der Waals surface area contributed by atoms with Crippen molar-refractivity contribution < 1.29 is 19.1 Å². The largest absolute Gasteiger partial charge is 0.484 e. The summed E-state index contributed by atoms with van der Waals surface area (Å²) in [5.41, 5.74) is 2.56. The van der Waals surface area contributed by atoms with Gasteiger partial charge in [0.1, 0.15) is 10.4 Å². The first-order chi connectivity index (χ1) is 18.6. The molecule has 0 saturated carbocycles. The summed E-state index contributed by atoms with van der Waals surface area (Å²) in [5.74, 6) is 0.260. The minimum atomic E-state index is -0.286. The zero-order chi connectivity index (χ0) is 26.7. The number of aromatic nitrogens is 2. The van der Waals surface area contributed by atoms with E-state index in [0.29, 0.717) is 60.1 Å². The third kappa shape index (κ3) is 7.41. The number of nitrogens with one attached hydrogen (secondary N) is 2. The highest BCUT2D eigenvalue weighted by Gasteiger charge is 2.20. The van der Waals surface area contributed by atoms with E-state index >= 15 is 0 Å². The van der Waals surface area contributed by atoms with Crippen LogP contribution in [0.2, 0.25) is 0 Å². The highest BCUT2D eigenvalue weighted by molar-refractivity contribution is 9.10. The maximum Gasteiger partial charge on any atom is 0.272 e. The number of hydrogen-bond donors (Lipinski definition) is 2. The van der Waals surface area contributed by atoms with Crippen LogP contribution in [-0.4, -0.2) is 66.1 Å². The molecule has 4 rings (SSSR count). The average molecular weight is 585 g/mol. The van der Waals surface area contributed by atoms with Crippen LogP contribution in [0.5, 0.6) is 5.75 Å². The van der Waals surface area contributed by atoms with E-state index < -0.39 is 0 Å². The fourth-order valence-electron chi connectivity index (χ4n) is 4.21. The smallest absolute Gasteiger partial charge is 0.272 e. The van der Waals surface area contributed by atoms with Crippen molar-refractivity contribution in [1.82, 2.24) is 20.2 Å². The first-order valence-electron chi connectivity index (χ1n) is 13.1. The van der Waals surface area contributed by atoms with Gasteiger partial charge in [-0.05, 0) is 52.2 Å². The molecule has 3 aromatic rings. The first kappa shape index (κ1) is 27.8. The lowest BCUT2D eigenvalue weighted by Gasteiger charge is -2.26. The number of rotatable bonds is 12. The Morgan fingerprint density at radius 1 is 1.11 bits per heavy atom. The van der Waals surface area contributed by atoms with Crippen molar-refractivity contribution in [2.24, 2.45) is 0 Å². The van der Waals surface area contributed by atoms with Crippen molar-refractivity contribution >= 4 is 44.3 Å². The summed E-state index contributed by atoms with van der Waals surface area (Å²) in [6.45, 7) is 5.54. The number of halogens is 1. The van der Waals surface area contributed by atoms with Gasteiger partial charge in [-0.15, -0.1) is 0 Å². The van der Waals surface area contributed by atoms with Gasteiger partial charge in [0.25, 0.3) is 11.8 Å². The molecule has 0 radical (unpaired) electrons. The molecule has 1 fully saturated rings. The van der Waals surface area contributed by atoms with Gasteiger partial charge in [-0.25, -0.2) is 4.98 Å². The van der Waals surface area contributed by atoms with Crippen molar-refractivity contribution in [3.63, 3.8) is 0 Å². The second-order valence-corrected chi connectivity index (χ2v) is 9.87. The van der Waals surface area contributed by atoms with Crippen LogP contribution in [0.4, 0.5) is 5.69 Å². The van der Waals surface area contributed by atoms with Gasteiger partial charge >= 0.3 is 0 Å². The molecule has 0 spiro atoms. The van der Waals surface area contributed by atoms with Gasteiger partial charge in [0.2, 0.25) is 0 Å². The quantitative estimate of drug-likeness (QED) is 0.238. The third-order valence-corrected chi connectivity index (χ3v) is 6.97. The van der Waals surface area contributed by atoms with Gasteiger partial charge in [-0.3, -0.25) is 14.6 Å². The number of pyridine rings is 2. The summed E-state index contributed by atoms with van der Waals surface area (Å²) >= 11 is 3.50. The molecule has 0 atom stereocenters. The van der Waals surface area contributed by atoms with E-state index in [1.165, 1.54) is 6.42 Å². The van der Waals surface area contributed by atoms with Crippen LogP contribution in [0.3, 0.4) is 0 Å². The molecule has 0 bridgehead atoms. The Kier molecular flexibility index (Phi) is 10.3. The van der Waals surface area contributed by atoms with Crippen LogP contribution >= 0.6 is 15.9 Å². The van der Waals surface area contributed by atoms with E-state index in [1.54, 1.807) is 23.2 Å². The SMILES string of the molecule is CCCCCCNc1c(C(=O)NCc2ccc(OCC(=O)N3CCOCC3)cc2)nc(Br)c2cccnc12. The van der Waals surface area contributed by atoms with Crippen molar-refractivity contribution in [1.29, 1.82) is 0 Å². The van der Waals surface area contributed by atoms with Crippen LogP contribution in [0.25, 0.3) is 10.9 Å². The normalized spacial score (nSPS) is 13.4. The average Bonchev–Trinajstić information content (AvgIpc) is 2.96. The van der Waals surface area contributed by atoms with Crippen molar-refractivity contribution in [3.8, 4) is 5.75 Å². The Bertz CT molecular complexity index is 1230. The number of anilines is 1. The van der Waals surface area contributed by atoms with E-state index in [0.717, 1.165) is 36.8 Å². The van der Waals surface area contributed by atoms with Crippen LogP contribution in [0.15, 0.2) is 47.2 Å². The fraction of sp³-hybridized carbons (Fsp3) is 0.429. The van der Waals surface area contributed by atoms with Crippen LogP contribution in [0.1, 0.15) is 48.7 Å². The monoisotopic (exact) mass is 583 g/mol. The summed E-state index contributed by atoms with van der Waals surface area (Å²) < 4.78 is 11.5. The highest BCUT2D eigenvalue weighted by atomic mass is 79.9. The Hall–Kier alpha value is -3.24. The Morgan fingerprint density at radius 2 is 1.89 bits per heavy atom. The summed E-state index contributed by atoms with van der Waals surface area (Å²) in [5, 5.41) is 7.23. The summed E-state index contributed by atoms with van der Waals surface area (Å²) in [6, 6.07) is 11.1. The van der Waals surface area contributed by atoms with Gasteiger partial charge in [0.15, 0.2) is 12.3 Å². The Labute approximate surface area is 231 Å². The Morgan fingerprint density at radius 3 is 2.66 bits per heavy atom. The second-order valence-electron chi connectivity index (χ2n) is 9.12. The number of benzene rings is 1. The van der Waals surface area contributed by atoms with E-state index in [-0.39, 0.29) is 18.4 Å². The second kappa shape index (κ2) is 14.1. The number of carbonyl (C=O) groups excluding carboxylic acids is 2. The molecule has 1 saturated heterocycles. The molecule has 1 aliphatic heterocycles. The molecular formula is C28H34BrN5O4. The molecule has 1 aromatic carbocycles. The molecule has 2 amide bonds. The number of unbranched alkanes of at least 4 members (excludes halogenated alkanes) is 3. The summed E-state index contributed by atoms with van der Waals surface area (Å²) in [6.07, 6.45) is 6.20. The van der Waals surface area contributed by atoms with E-state index in [2.05, 4.69) is 43.5 Å². The van der Waals surface area contributed by atoms with Gasteiger partial charge in [0.05, 0.1) is 24.4 Å². The molecule has 10 heteroatoms. The maximum absolute atomic E-state index is 13.2. The van der Waals surface area contributed by atoms with Crippen LogP contribution in [-0.2, 0) is 16.1 Å². The third-order valence-electron chi connectivity index (χ3n) is 6.36. The van der Waals surface area contributed by atoms with Crippen molar-refractivity contribution in [2.75, 3.05) is 44.8 Å². The molecule has 0 unspecified atom stereocenters. The molecule has 2 aromatic heterocycles. The lowest BCUT2D eigenvalue weighted by atomic mass is 10.1. The maximum atomic E-state index is 13.2. The van der Waals surface area contributed by atoms with Gasteiger partial charge in [0, 0.05) is 37.8 Å². The standard InChI is InChI=1S/C28H34BrN5O4/c1-2-3-4-5-12-31-25-24-22(7-6-13-30-24)27(29)33-26(25)28(36)32-18-20-8-10-21(11-9-20)38-19-23(35)34-14-16-37-17-15-34/h6-11,13,31H,2-5,12,14-19H2,1H3,(H,32,36). The minimum Gasteiger partial charge on any atom is -0.484 e. The summed E-state index contributed by atoms with van der Waals surface area (Å²) in [4.78, 5) is 36.3. The highest BCUT2D eigenvalue weighted by Crippen LogP contribution is 2.30. The van der Waals surface area contributed by atoms with Crippen molar-refractivity contribution in [3.05, 3.63) is 58.5 Å². The number of ether oxygens (including phenoxy) is 2. The molecule has 202 valence electrons. The van der Waals surface area contributed by atoms with Gasteiger partial charge in [-0.1, -0.05) is 38.3 Å². The van der Waals surface area contributed by atoms with Crippen LogP contribution < -0.4 is 15.4 Å². The topological polar surface area (TPSA) is 106 Å². The Balaban J connectivity index is 1.37. The number of amides is 2. The van der Waals surface area contributed by atoms with E-state index in [4.69, 9.17) is 9.47 Å². The molecule has 0 aliphatic carbocycles. The number of nitrogens with zero attached hydrogens (tertiary/aromatic N) is 3. The van der Waals surface area contributed by atoms with Crippen LogP contribution in [0, 0.1) is 0 Å². The molecule has 1 aliphatic rings. The van der Waals surface area contributed by atoms with Gasteiger partial charge < -0.3 is 25.0 Å². The van der Waals surface area contributed by atoms with E-state index in [1.807, 2.05) is 24.3 Å². The number of carbonyl (C=O) groups is 2. The minimum absolute atomic E-state index is 0.0130. The number of hydrogen-bond acceptors (Lipinski definition) is 7. The zero-order valence-electron chi connectivity index (χ0n) is 21.7. The first-order valence-corrected chi connectivity index (χ1v) is 13.9. The van der Waals surface area contributed by atoms with Gasteiger partial charge in [-0.2, -0.15) is 0 Å². The predicted octanol–water partition coefficient (Wildman–Crippen LogP) is 4.55. The fourth-order valence-corrected chi connectivity index (χ4v) is 4.71. The number of fused-ring (bicyclic) bond motifs is 1. The lowest BCUT2D eigenvalue weighted by Crippen LogP contribution is -2.42. The lowest BCUT2D eigenvalue weighted by molar-refractivity contribution is -0.137. The summed E-state index contributed by atoms with van der Waals surface area (Å²) in [7, 11) is 0. The van der Waals surface area contributed by atoms with E-state index in [9.17, 15) is 9.59 Å². The zero-order valence-corrected chi connectivity index (χ0v) is 23.3. The van der Waals surface area contributed by atoms with Crippen molar-refractivity contribution in [2.45, 2.75) is 39.2 Å². The number of morpholine rings is 1. The molecule has 3 heterocycles. The molecule has 9 nitrogen and oxygen atoms in total. The predicted molar refractivity (Wildman–Crippen MR) is 150 cm³/mol. The molecule has 2 N–H and O–H groups in total.